The van der Waals surface area contributed by atoms with Gasteiger partial charge in [0.25, 0.3) is 0 Å². The molecule has 162 valence electrons. The molecule has 0 bridgehead atoms. The summed E-state index contributed by atoms with van der Waals surface area (Å²) in [6.45, 7) is 5.92. The molecular formula is C23H23N7O2. The number of aromatic nitrogens is 4. The lowest BCUT2D eigenvalue weighted by atomic mass is 10.0. The minimum atomic E-state index is -0.457. The Bertz CT molecular complexity index is 1330. The van der Waals surface area contributed by atoms with Crippen LogP contribution in [-0.2, 0) is 0 Å². The molecule has 0 fully saturated rings. The maximum atomic E-state index is 13.3. The number of benzene rings is 1. The van der Waals surface area contributed by atoms with E-state index in [2.05, 4.69) is 25.6 Å². The normalized spacial score (nSPS) is 11.0. The van der Waals surface area contributed by atoms with E-state index in [-0.39, 0.29) is 23.5 Å². The van der Waals surface area contributed by atoms with Crippen LogP contribution in [0.2, 0.25) is 0 Å². The molecule has 0 saturated heterocycles. The molecular weight excluding hydrogens is 406 g/mol. The molecule has 0 spiro atoms. The van der Waals surface area contributed by atoms with E-state index in [9.17, 15) is 9.59 Å². The van der Waals surface area contributed by atoms with E-state index in [1.54, 1.807) is 18.3 Å². The lowest BCUT2D eigenvalue weighted by Gasteiger charge is -2.08. The number of anilines is 3. The predicted octanol–water partition coefficient (Wildman–Crippen LogP) is 4.17. The first-order valence-corrected chi connectivity index (χ1v) is 10.1. The molecule has 32 heavy (non-hydrogen) atoms. The average molecular weight is 429 g/mol. The van der Waals surface area contributed by atoms with Crippen molar-refractivity contribution in [2.24, 2.45) is 0 Å². The van der Waals surface area contributed by atoms with Crippen molar-refractivity contribution in [2.75, 3.05) is 16.4 Å². The Hall–Kier alpha value is -4.27. The number of amides is 2. The summed E-state index contributed by atoms with van der Waals surface area (Å²) in [5.74, 6) is 0.223. The number of nitrogens with zero attached hydrogens (tertiary/aromatic N) is 4. The second-order valence-corrected chi connectivity index (χ2v) is 7.71. The van der Waals surface area contributed by atoms with Crippen molar-refractivity contribution >= 4 is 40.2 Å². The van der Waals surface area contributed by atoms with Crippen LogP contribution in [0.5, 0.6) is 0 Å². The zero-order chi connectivity index (χ0) is 22.8. The molecule has 1 aromatic carbocycles. The van der Waals surface area contributed by atoms with E-state index in [4.69, 9.17) is 5.73 Å². The molecule has 3 aromatic heterocycles. The minimum absolute atomic E-state index is 0.0772. The predicted molar refractivity (Wildman–Crippen MR) is 124 cm³/mol. The van der Waals surface area contributed by atoms with Gasteiger partial charge in [-0.25, -0.2) is 19.7 Å². The maximum absolute atomic E-state index is 13.3. The summed E-state index contributed by atoms with van der Waals surface area (Å²) in [4.78, 5) is 38.2. The molecule has 4 aromatic rings. The number of aryl methyl sites for hydroxylation is 1. The monoisotopic (exact) mass is 429 g/mol. The first-order valence-electron chi connectivity index (χ1n) is 10.1. The average Bonchev–Trinajstić information content (AvgIpc) is 3.15. The van der Waals surface area contributed by atoms with Gasteiger partial charge in [0, 0.05) is 29.7 Å². The molecule has 0 radical (unpaired) electrons. The van der Waals surface area contributed by atoms with Gasteiger partial charge >= 0.3 is 6.03 Å². The van der Waals surface area contributed by atoms with Crippen molar-refractivity contribution in [3.63, 3.8) is 0 Å². The van der Waals surface area contributed by atoms with E-state index in [1.807, 2.05) is 43.5 Å². The number of nitrogens with two attached hydrogens (primary N) is 1. The van der Waals surface area contributed by atoms with Gasteiger partial charge in [-0.1, -0.05) is 12.1 Å². The highest BCUT2D eigenvalue weighted by atomic mass is 16.2. The van der Waals surface area contributed by atoms with E-state index < -0.39 is 6.03 Å². The van der Waals surface area contributed by atoms with Crippen LogP contribution in [0.25, 0.3) is 11.0 Å². The number of fused-ring (bicyclic) bond motifs is 1. The van der Waals surface area contributed by atoms with Crippen molar-refractivity contribution in [1.29, 1.82) is 0 Å². The molecule has 3 heterocycles. The summed E-state index contributed by atoms with van der Waals surface area (Å²) in [7, 11) is 0. The van der Waals surface area contributed by atoms with Crippen molar-refractivity contribution in [2.45, 2.75) is 26.8 Å². The summed E-state index contributed by atoms with van der Waals surface area (Å²) in [6, 6.07) is 10.2. The zero-order valence-electron chi connectivity index (χ0n) is 18.0. The van der Waals surface area contributed by atoms with Gasteiger partial charge in [-0.2, -0.15) is 0 Å². The Morgan fingerprint density at radius 2 is 1.88 bits per heavy atom. The highest BCUT2D eigenvalue weighted by Crippen LogP contribution is 2.28. The summed E-state index contributed by atoms with van der Waals surface area (Å²) in [5, 5.41) is 5.92. The number of pyridine rings is 1. The van der Waals surface area contributed by atoms with Crippen LogP contribution < -0.4 is 16.4 Å². The van der Waals surface area contributed by atoms with Crippen molar-refractivity contribution in [3.05, 3.63) is 71.8 Å². The summed E-state index contributed by atoms with van der Waals surface area (Å²) >= 11 is 0. The molecule has 0 saturated carbocycles. The second-order valence-electron chi connectivity index (χ2n) is 7.71. The van der Waals surface area contributed by atoms with Gasteiger partial charge in [0.15, 0.2) is 5.78 Å². The molecule has 0 aliphatic rings. The molecule has 9 nitrogen and oxygen atoms in total. The molecule has 0 unspecified atom stereocenters. The Morgan fingerprint density at radius 3 is 2.62 bits per heavy atom. The maximum Gasteiger partial charge on any atom is 0.324 e. The Labute approximate surface area is 184 Å². The van der Waals surface area contributed by atoms with Crippen LogP contribution in [0.1, 0.15) is 41.4 Å². The van der Waals surface area contributed by atoms with E-state index >= 15 is 0 Å². The van der Waals surface area contributed by atoms with Gasteiger partial charge in [-0.3, -0.25) is 10.1 Å². The highest BCUT2D eigenvalue weighted by molar-refractivity contribution is 6.18. The Balaban J connectivity index is 1.61. The number of hydrogen-bond donors (Lipinski definition) is 3. The number of rotatable bonds is 5. The topological polar surface area (TPSA) is 128 Å². The zero-order valence-corrected chi connectivity index (χ0v) is 18.0. The van der Waals surface area contributed by atoms with Gasteiger partial charge in [0.1, 0.15) is 23.6 Å². The largest absolute Gasteiger partial charge is 0.383 e. The first-order chi connectivity index (χ1) is 15.3. The summed E-state index contributed by atoms with van der Waals surface area (Å²) in [6.07, 6.45) is 4.59. The van der Waals surface area contributed by atoms with Crippen LogP contribution in [-0.4, -0.2) is 31.3 Å². The number of hydrogen-bond acceptors (Lipinski definition) is 6. The SMILES string of the molecule is Cc1cccc(NC(=O)Nc2cc(C(=O)c3cn(C(C)C)c4ncnc(N)c34)ccn2)c1. The standard InChI is InChI=1S/C23H23N7O2/c1-13(2)30-11-17(19-21(24)26-12-27-22(19)30)20(31)15-7-8-25-18(10-15)29-23(32)28-16-6-4-5-14(3)9-16/h4-13H,1-3H3,(H2,24,26,27)(H2,25,28,29,32). The van der Waals surface area contributed by atoms with Crippen LogP contribution in [0.15, 0.2) is 55.1 Å². The van der Waals surface area contributed by atoms with Gasteiger partial charge in [0.2, 0.25) is 0 Å². The molecule has 0 aliphatic carbocycles. The molecule has 2 amide bonds. The van der Waals surface area contributed by atoms with Crippen LogP contribution in [0.3, 0.4) is 0 Å². The Morgan fingerprint density at radius 1 is 1.06 bits per heavy atom. The van der Waals surface area contributed by atoms with Crippen molar-refractivity contribution in [1.82, 2.24) is 19.5 Å². The van der Waals surface area contributed by atoms with Gasteiger partial charge in [-0.15, -0.1) is 0 Å². The second kappa shape index (κ2) is 8.46. The number of carbonyl (C=O) groups excluding carboxylic acids is 2. The van der Waals surface area contributed by atoms with Crippen LogP contribution >= 0.6 is 0 Å². The van der Waals surface area contributed by atoms with Gasteiger partial charge < -0.3 is 15.6 Å². The summed E-state index contributed by atoms with van der Waals surface area (Å²) < 4.78 is 1.89. The number of nitrogen functional groups attached to an aromatic ring is 1. The molecule has 4 rings (SSSR count). The van der Waals surface area contributed by atoms with Crippen LogP contribution in [0, 0.1) is 6.92 Å². The van der Waals surface area contributed by atoms with E-state index in [0.29, 0.717) is 27.8 Å². The lowest BCUT2D eigenvalue weighted by Crippen LogP contribution is -2.20. The first kappa shape index (κ1) is 21.0. The molecule has 9 heteroatoms. The van der Waals surface area contributed by atoms with Crippen molar-refractivity contribution < 1.29 is 9.59 Å². The van der Waals surface area contributed by atoms with E-state index in [0.717, 1.165) is 5.56 Å². The molecule has 4 N–H and O–H groups in total. The van der Waals surface area contributed by atoms with Crippen LogP contribution in [0.4, 0.5) is 22.1 Å². The third kappa shape index (κ3) is 4.13. The third-order valence-corrected chi connectivity index (χ3v) is 4.98. The Kier molecular flexibility index (Phi) is 5.55. The molecule has 0 atom stereocenters. The van der Waals surface area contributed by atoms with Gasteiger partial charge in [0.05, 0.1) is 10.9 Å². The quantitative estimate of drug-likeness (QED) is 0.409. The minimum Gasteiger partial charge on any atom is -0.383 e. The number of urea groups is 1. The summed E-state index contributed by atoms with van der Waals surface area (Å²) in [5.41, 5.74) is 9.11. The van der Waals surface area contributed by atoms with Crippen molar-refractivity contribution in [3.8, 4) is 0 Å². The fourth-order valence-electron chi connectivity index (χ4n) is 3.47. The van der Waals surface area contributed by atoms with E-state index in [1.165, 1.54) is 18.6 Å². The third-order valence-electron chi connectivity index (χ3n) is 4.98. The van der Waals surface area contributed by atoms with Gasteiger partial charge in [-0.05, 0) is 50.6 Å². The molecule has 0 aliphatic heterocycles. The number of nitrogens with one attached hydrogen (secondary N) is 2. The highest BCUT2D eigenvalue weighted by Gasteiger charge is 2.21. The smallest absolute Gasteiger partial charge is 0.324 e. The fourth-order valence-corrected chi connectivity index (χ4v) is 3.47. The lowest BCUT2D eigenvalue weighted by molar-refractivity contribution is 0.104. The fraction of sp³-hybridized carbons (Fsp3) is 0.174. The number of ketones is 1. The number of carbonyl (C=O) groups is 2.